The minimum atomic E-state index is -0.0232. The predicted octanol–water partition coefficient (Wildman–Crippen LogP) is 2.67. The third-order valence-electron chi connectivity index (χ3n) is 5.65. The number of benzene rings is 1. The third-order valence-corrected chi connectivity index (χ3v) is 5.65. The Morgan fingerprint density at radius 1 is 1.16 bits per heavy atom. The van der Waals surface area contributed by atoms with Crippen LogP contribution in [0, 0.1) is 6.92 Å². The number of hydrogen-bond acceptors (Lipinski definition) is 6. The Kier molecular flexibility index (Phi) is 6.58. The molecule has 8 nitrogen and oxygen atoms in total. The van der Waals surface area contributed by atoms with Gasteiger partial charge in [-0.1, -0.05) is 6.07 Å². The first kappa shape index (κ1) is 21.4. The Balaban J connectivity index is 1.34. The first-order chi connectivity index (χ1) is 15.0. The number of ether oxygens (including phenoxy) is 3. The molecule has 0 N–H and O–H groups in total. The molecule has 0 bridgehead atoms. The number of aromatic nitrogens is 4. The van der Waals surface area contributed by atoms with Crippen LogP contribution in [-0.2, 0) is 31.8 Å². The fourth-order valence-electron chi connectivity index (χ4n) is 3.96. The van der Waals surface area contributed by atoms with Gasteiger partial charge in [0.25, 0.3) is 0 Å². The molecule has 1 aliphatic heterocycles. The van der Waals surface area contributed by atoms with Gasteiger partial charge in [-0.2, -0.15) is 10.2 Å². The predicted molar refractivity (Wildman–Crippen MR) is 117 cm³/mol. The van der Waals surface area contributed by atoms with Gasteiger partial charge in [-0.25, -0.2) is 0 Å². The molecule has 1 atom stereocenters. The Bertz CT molecular complexity index is 1010. The lowest BCUT2D eigenvalue weighted by Crippen LogP contribution is -2.38. The second-order valence-corrected chi connectivity index (χ2v) is 7.97. The molecule has 4 rings (SSSR count). The van der Waals surface area contributed by atoms with Crippen LogP contribution in [0.1, 0.15) is 28.7 Å². The largest absolute Gasteiger partial charge is 0.497 e. The molecule has 3 aromatic rings. The minimum absolute atomic E-state index is 0.0232. The standard InChI is InChI=1S/C23H31N5O3/c1-17-18(14-26(2)24-17)15-28-9-11-31-23(16-28)22-12-19(27(3)25-22)8-10-30-21-7-5-6-20(13-21)29-4/h5-7,12-14,23H,8-11,15-16H2,1-4H3/t23-/m0/s1. The molecule has 3 heterocycles. The number of nitrogens with zero attached hydrogens (tertiary/aromatic N) is 5. The van der Waals surface area contributed by atoms with Crippen LogP contribution in [0.4, 0.5) is 0 Å². The summed E-state index contributed by atoms with van der Waals surface area (Å²) in [5.74, 6) is 1.60. The topological polar surface area (TPSA) is 66.6 Å². The van der Waals surface area contributed by atoms with E-state index in [1.54, 1.807) is 7.11 Å². The fourth-order valence-corrected chi connectivity index (χ4v) is 3.96. The molecule has 31 heavy (non-hydrogen) atoms. The van der Waals surface area contributed by atoms with E-state index in [9.17, 15) is 0 Å². The highest BCUT2D eigenvalue weighted by Crippen LogP contribution is 2.24. The zero-order valence-corrected chi connectivity index (χ0v) is 18.7. The van der Waals surface area contributed by atoms with E-state index in [1.165, 1.54) is 5.56 Å². The average Bonchev–Trinajstić information content (AvgIpc) is 3.29. The van der Waals surface area contributed by atoms with Crippen molar-refractivity contribution in [2.45, 2.75) is 26.0 Å². The van der Waals surface area contributed by atoms with Gasteiger partial charge in [-0.05, 0) is 25.1 Å². The van der Waals surface area contributed by atoms with Gasteiger partial charge in [0, 0.05) is 63.7 Å². The number of hydrogen-bond donors (Lipinski definition) is 0. The van der Waals surface area contributed by atoms with E-state index in [0.29, 0.717) is 13.2 Å². The summed E-state index contributed by atoms with van der Waals surface area (Å²) in [6, 6.07) is 9.80. The van der Waals surface area contributed by atoms with E-state index in [2.05, 4.69) is 29.2 Å². The van der Waals surface area contributed by atoms with Crippen molar-refractivity contribution < 1.29 is 14.2 Å². The molecule has 0 amide bonds. The van der Waals surface area contributed by atoms with Crippen molar-refractivity contribution in [2.24, 2.45) is 14.1 Å². The van der Waals surface area contributed by atoms with Crippen molar-refractivity contribution in [3.05, 3.63) is 59.2 Å². The summed E-state index contributed by atoms with van der Waals surface area (Å²) in [7, 11) is 5.60. The third kappa shape index (κ3) is 5.26. The molecule has 0 radical (unpaired) electrons. The lowest BCUT2D eigenvalue weighted by atomic mass is 10.1. The van der Waals surface area contributed by atoms with Gasteiger partial charge < -0.3 is 14.2 Å². The Morgan fingerprint density at radius 3 is 2.77 bits per heavy atom. The van der Waals surface area contributed by atoms with Gasteiger partial charge in [0.2, 0.25) is 0 Å². The molecular formula is C23H31N5O3. The fraction of sp³-hybridized carbons (Fsp3) is 0.478. The average molecular weight is 426 g/mol. The monoisotopic (exact) mass is 425 g/mol. The molecule has 8 heteroatoms. The van der Waals surface area contributed by atoms with Crippen LogP contribution in [-0.4, -0.2) is 57.9 Å². The first-order valence-electron chi connectivity index (χ1n) is 10.6. The van der Waals surface area contributed by atoms with Gasteiger partial charge in [0.05, 0.1) is 31.7 Å². The summed E-state index contributed by atoms with van der Waals surface area (Å²) in [5.41, 5.74) is 4.45. The van der Waals surface area contributed by atoms with Crippen LogP contribution in [0.2, 0.25) is 0 Å². The minimum Gasteiger partial charge on any atom is -0.497 e. The number of aryl methyl sites for hydroxylation is 3. The maximum Gasteiger partial charge on any atom is 0.123 e. The molecule has 166 valence electrons. The van der Waals surface area contributed by atoms with Crippen LogP contribution in [0.5, 0.6) is 11.5 Å². The van der Waals surface area contributed by atoms with Crippen LogP contribution in [0.3, 0.4) is 0 Å². The van der Waals surface area contributed by atoms with Crippen LogP contribution in [0.25, 0.3) is 0 Å². The molecule has 0 saturated carbocycles. The summed E-state index contributed by atoms with van der Waals surface area (Å²) in [6.45, 7) is 5.96. The van der Waals surface area contributed by atoms with Crippen molar-refractivity contribution in [3.63, 3.8) is 0 Å². The smallest absolute Gasteiger partial charge is 0.123 e. The van der Waals surface area contributed by atoms with E-state index >= 15 is 0 Å². The second-order valence-electron chi connectivity index (χ2n) is 7.97. The summed E-state index contributed by atoms with van der Waals surface area (Å²) in [5, 5.41) is 9.18. The number of morpholine rings is 1. The quantitative estimate of drug-likeness (QED) is 0.553. The van der Waals surface area contributed by atoms with Crippen molar-refractivity contribution >= 4 is 0 Å². The van der Waals surface area contributed by atoms with E-state index in [0.717, 1.165) is 54.6 Å². The molecule has 1 aromatic carbocycles. The van der Waals surface area contributed by atoms with Crippen molar-refractivity contribution in [3.8, 4) is 11.5 Å². The molecule has 1 aliphatic rings. The highest BCUT2D eigenvalue weighted by Gasteiger charge is 2.25. The summed E-state index contributed by atoms with van der Waals surface area (Å²) in [4.78, 5) is 2.42. The zero-order chi connectivity index (χ0) is 21.8. The van der Waals surface area contributed by atoms with E-state index < -0.39 is 0 Å². The number of methoxy groups -OCH3 is 1. The summed E-state index contributed by atoms with van der Waals surface area (Å²) >= 11 is 0. The Labute approximate surface area is 183 Å². The molecule has 1 saturated heterocycles. The Morgan fingerprint density at radius 2 is 2.00 bits per heavy atom. The maximum atomic E-state index is 6.05. The highest BCUT2D eigenvalue weighted by atomic mass is 16.5. The normalized spacial score (nSPS) is 17.1. The first-order valence-corrected chi connectivity index (χ1v) is 10.6. The molecule has 0 aliphatic carbocycles. The van der Waals surface area contributed by atoms with E-state index in [1.807, 2.05) is 47.7 Å². The number of rotatable bonds is 8. The van der Waals surface area contributed by atoms with Gasteiger partial charge in [-0.15, -0.1) is 0 Å². The van der Waals surface area contributed by atoms with Gasteiger partial charge in [-0.3, -0.25) is 14.3 Å². The summed E-state index contributed by atoms with van der Waals surface area (Å²) in [6.07, 6.45) is 2.84. The van der Waals surface area contributed by atoms with E-state index in [4.69, 9.17) is 19.3 Å². The van der Waals surface area contributed by atoms with E-state index in [-0.39, 0.29) is 6.10 Å². The molecule has 0 spiro atoms. The zero-order valence-electron chi connectivity index (χ0n) is 18.7. The lowest BCUT2D eigenvalue weighted by molar-refractivity contribution is -0.0352. The molecule has 0 unspecified atom stereocenters. The van der Waals surface area contributed by atoms with Crippen LogP contribution < -0.4 is 9.47 Å². The van der Waals surface area contributed by atoms with Crippen molar-refractivity contribution in [2.75, 3.05) is 33.4 Å². The summed E-state index contributed by atoms with van der Waals surface area (Å²) < 4.78 is 21.0. The van der Waals surface area contributed by atoms with Crippen LogP contribution >= 0.6 is 0 Å². The Hall–Kier alpha value is -2.84. The molecular weight excluding hydrogens is 394 g/mol. The second kappa shape index (κ2) is 9.53. The highest BCUT2D eigenvalue weighted by molar-refractivity contribution is 5.32. The lowest BCUT2D eigenvalue weighted by Gasteiger charge is -2.31. The SMILES string of the molecule is COc1cccc(OCCc2cc([C@@H]3CN(Cc4cn(C)nc4C)CCO3)nn2C)c1. The van der Waals surface area contributed by atoms with Gasteiger partial charge in [0.15, 0.2) is 0 Å². The molecule has 2 aromatic heterocycles. The van der Waals surface area contributed by atoms with Gasteiger partial charge >= 0.3 is 0 Å². The van der Waals surface area contributed by atoms with Gasteiger partial charge in [0.1, 0.15) is 17.6 Å². The van der Waals surface area contributed by atoms with Crippen LogP contribution in [0.15, 0.2) is 36.5 Å². The molecule has 1 fully saturated rings. The van der Waals surface area contributed by atoms with Crippen molar-refractivity contribution in [1.29, 1.82) is 0 Å². The maximum absolute atomic E-state index is 6.05. The van der Waals surface area contributed by atoms with Crippen molar-refractivity contribution in [1.82, 2.24) is 24.5 Å².